The predicted octanol–water partition coefficient (Wildman–Crippen LogP) is 5.32. The molecule has 0 spiro atoms. The lowest BCUT2D eigenvalue weighted by molar-refractivity contribution is 0.123. The first-order valence-electron chi connectivity index (χ1n) is 7.91. The number of rotatable bonds is 4. The molecule has 1 fully saturated rings. The fourth-order valence-electron chi connectivity index (χ4n) is 3.26. The van der Waals surface area contributed by atoms with Gasteiger partial charge in [-0.3, -0.25) is 4.98 Å². The smallest absolute Gasteiger partial charge is 0.130 e. The first kappa shape index (κ1) is 14.6. The Hall–Kier alpha value is -1.28. The Kier molecular flexibility index (Phi) is 4.64. The van der Waals surface area contributed by atoms with Crippen LogP contribution in [0.4, 0.5) is 0 Å². The molecule has 1 aliphatic rings. The fourth-order valence-corrected chi connectivity index (χ4v) is 3.40. The summed E-state index contributed by atoms with van der Waals surface area (Å²) in [5.74, 6) is 2.17. The first-order valence-corrected chi connectivity index (χ1v) is 8.45. The monoisotopic (exact) mass is 303 g/mol. The van der Waals surface area contributed by atoms with Gasteiger partial charge in [0.1, 0.15) is 5.75 Å². The van der Waals surface area contributed by atoms with Crippen LogP contribution in [0.1, 0.15) is 44.7 Å². The standard InChI is InChI=1S/C18H22ClNO/c1-2-13-6-5-7-15(10-13)21-18-11-14(12-19)20-17-9-4-3-8-16(17)18/h3-4,8-9,11,13,15H,2,5-7,10,12H2,1H3. The molecule has 0 bridgehead atoms. The van der Waals surface area contributed by atoms with Crippen LogP contribution < -0.4 is 4.74 Å². The molecule has 0 amide bonds. The fraction of sp³-hybridized carbons (Fsp3) is 0.500. The van der Waals surface area contributed by atoms with Crippen LogP contribution in [0.25, 0.3) is 10.9 Å². The van der Waals surface area contributed by atoms with E-state index in [1.165, 1.54) is 25.7 Å². The van der Waals surface area contributed by atoms with Crippen molar-refractivity contribution in [2.24, 2.45) is 5.92 Å². The molecule has 3 rings (SSSR count). The minimum atomic E-state index is 0.331. The quantitative estimate of drug-likeness (QED) is 0.713. The third-order valence-corrected chi connectivity index (χ3v) is 4.75. The number of nitrogens with zero attached hydrogens (tertiary/aromatic N) is 1. The summed E-state index contributed by atoms with van der Waals surface area (Å²) in [6.07, 6.45) is 6.53. The minimum Gasteiger partial charge on any atom is -0.490 e. The lowest BCUT2D eigenvalue weighted by atomic mass is 9.85. The number of alkyl halides is 1. The molecule has 2 aromatic rings. The second kappa shape index (κ2) is 6.65. The zero-order valence-corrected chi connectivity index (χ0v) is 13.3. The van der Waals surface area contributed by atoms with Gasteiger partial charge in [0.05, 0.1) is 23.2 Å². The number of ether oxygens (including phenoxy) is 1. The molecule has 112 valence electrons. The average Bonchev–Trinajstić information content (AvgIpc) is 2.55. The highest BCUT2D eigenvalue weighted by molar-refractivity contribution is 6.17. The maximum Gasteiger partial charge on any atom is 0.130 e. The lowest BCUT2D eigenvalue weighted by Gasteiger charge is -2.29. The van der Waals surface area contributed by atoms with Crippen molar-refractivity contribution in [2.75, 3.05) is 0 Å². The van der Waals surface area contributed by atoms with Crippen LogP contribution in [-0.4, -0.2) is 11.1 Å². The number of benzene rings is 1. The average molecular weight is 304 g/mol. The van der Waals surface area contributed by atoms with Gasteiger partial charge in [-0.25, -0.2) is 0 Å². The summed E-state index contributed by atoms with van der Waals surface area (Å²) >= 11 is 5.97. The summed E-state index contributed by atoms with van der Waals surface area (Å²) in [4.78, 5) is 4.57. The van der Waals surface area contributed by atoms with E-state index in [9.17, 15) is 0 Å². The van der Waals surface area contributed by atoms with Gasteiger partial charge < -0.3 is 4.74 Å². The largest absolute Gasteiger partial charge is 0.490 e. The number of para-hydroxylation sites is 1. The zero-order chi connectivity index (χ0) is 14.7. The van der Waals surface area contributed by atoms with Crippen LogP contribution in [0.5, 0.6) is 5.75 Å². The number of pyridine rings is 1. The highest BCUT2D eigenvalue weighted by Gasteiger charge is 2.22. The summed E-state index contributed by atoms with van der Waals surface area (Å²) in [6, 6.07) is 10.1. The van der Waals surface area contributed by atoms with Crippen LogP contribution in [0.2, 0.25) is 0 Å². The van der Waals surface area contributed by atoms with Gasteiger partial charge in [-0.1, -0.05) is 31.9 Å². The zero-order valence-electron chi connectivity index (χ0n) is 12.5. The molecule has 0 radical (unpaired) electrons. The van der Waals surface area contributed by atoms with Crippen molar-refractivity contribution in [1.29, 1.82) is 0 Å². The summed E-state index contributed by atoms with van der Waals surface area (Å²) in [6.45, 7) is 2.28. The predicted molar refractivity (Wildman–Crippen MR) is 88.0 cm³/mol. The Morgan fingerprint density at radius 1 is 1.29 bits per heavy atom. The highest BCUT2D eigenvalue weighted by Crippen LogP contribution is 2.33. The Bertz CT molecular complexity index is 613. The van der Waals surface area contributed by atoms with E-state index in [-0.39, 0.29) is 0 Å². The number of fused-ring (bicyclic) bond motifs is 1. The van der Waals surface area contributed by atoms with Gasteiger partial charge >= 0.3 is 0 Å². The Morgan fingerprint density at radius 2 is 2.14 bits per heavy atom. The van der Waals surface area contributed by atoms with Crippen molar-refractivity contribution in [3.8, 4) is 5.75 Å². The molecule has 1 aliphatic carbocycles. The van der Waals surface area contributed by atoms with Crippen molar-refractivity contribution in [1.82, 2.24) is 4.98 Å². The van der Waals surface area contributed by atoms with Crippen LogP contribution in [-0.2, 0) is 5.88 Å². The maximum absolute atomic E-state index is 6.34. The SMILES string of the molecule is CCC1CCCC(Oc2cc(CCl)nc3ccccc23)C1. The van der Waals surface area contributed by atoms with Crippen molar-refractivity contribution >= 4 is 22.5 Å². The maximum atomic E-state index is 6.34. The molecule has 0 saturated heterocycles. The van der Waals surface area contributed by atoms with E-state index in [0.717, 1.165) is 34.7 Å². The lowest BCUT2D eigenvalue weighted by Crippen LogP contribution is -2.25. The van der Waals surface area contributed by atoms with Gasteiger partial charge in [-0.2, -0.15) is 0 Å². The van der Waals surface area contributed by atoms with Crippen LogP contribution in [0.15, 0.2) is 30.3 Å². The van der Waals surface area contributed by atoms with Gasteiger partial charge in [-0.05, 0) is 37.3 Å². The van der Waals surface area contributed by atoms with E-state index >= 15 is 0 Å². The molecular formula is C18H22ClNO. The molecule has 2 nitrogen and oxygen atoms in total. The molecule has 21 heavy (non-hydrogen) atoms. The van der Waals surface area contributed by atoms with Gasteiger partial charge in [0.2, 0.25) is 0 Å². The molecule has 1 aromatic heterocycles. The molecule has 2 unspecified atom stereocenters. The van der Waals surface area contributed by atoms with Crippen molar-refractivity contribution in [2.45, 2.75) is 51.0 Å². The number of halogens is 1. The van der Waals surface area contributed by atoms with Gasteiger partial charge in [0.25, 0.3) is 0 Å². The number of aromatic nitrogens is 1. The van der Waals surface area contributed by atoms with Crippen LogP contribution >= 0.6 is 11.6 Å². The van der Waals surface area contributed by atoms with Gasteiger partial charge in [0.15, 0.2) is 0 Å². The molecule has 0 N–H and O–H groups in total. The van der Waals surface area contributed by atoms with Crippen molar-refractivity contribution in [3.05, 3.63) is 36.0 Å². The molecule has 3 heteroatoms. The Balaban J connectivity index is 1.88. The van der Waals surface area contributed by atoms with E-state index in [1.54, 1.807) is 0 Å². The molecular weight excluding hydrogens is 282 g/mol. The third-order valence-electron chi connectivity index (χ3n) is 4.47. The van der Waals surface area contributed by atoms with E-state index < -0.39 is 0 Å². The molecule has 1 aromatic carbocycles. The van der Waals surface area contributed by atoms with E-state index in [0.29, 0.717) is 12.0 Å². The Labute approximate surface area is 131 Å². The summed E-state index contributed by atoms with van der Waals surface area (Å²) in [7, 11) is 0. The van der Waals surface area contributed by atoms with E-state index in [1.807, 2.05) is 24.3 Å². The summed E-state index contributed by atoms with van der Waals surface area (Å²) in [5.41, 5.74) is 1.85. The molecule has 1 saturated carbocycles. The number of hydrogen-bond donors (Lipinski definition) is 0. The molecule has 0 aliphatic heterocycles. The van der Waals surface area contributed by atoms with E-state index in [2.05, 4.69) is 18.0 Å². The highest BCUT2D eigenvalue weighted by atomic mass is 35.5. The molecule has 1 heterocycles. The van der Waals surface area contributed by atoms with Crippen molar-refractivity contribution in [3.63, 3.8) is 0 Å². The topological polar surface area (TPSA) is 22.1 Å². The second-order valence-corrected chi connectivity index (χ2v) is 6.21. The minimum absolute atomic E-state index is 0.331. The van der Waals surface area contributed by atoms with Crippen LogP contribution in [0, 0.1) is 5.92 Å². The Morgan fingerprint density at radius 3 is 2.95 bits per heavy atom. The summed E-state index contributed by atoms with van der Waals surface area (Å²) < 4.78 is 6.34. The first-order chi connectivity index (χ1) is 10.3. The number of hydrogen-bond acceptors (Lipinski definition) is 2. The van der Waals surface area contributed by atoms with E-state index in [4.69, 9.17) is 16.3 Å². The second-order valence-electron chi connectivity index (χ2n) is 5.94. The molecule has 2 atom stereocenters. The third kappa shape index (κ3) is 3.32. The van der Waals surface area contributed by atoms with Gasteiger partial charge in [-0.15, -0.1) is 11.6 Å². The van der Waals surface area contributed by atoms with Crippen LogP contribution in [0.3, 0.4) is 0 Å². The normalized spacial score (nSPS) is 22.4. The van der Waals surface area contributed by atoms with Crippen molar-refractivity contribution < 1.29 is 4.74 Å². The summed E-state index contributed by atoms with van der Waals surface area (Å²) in [5, 5.41) is 1.09. The van der Waals surface area contributed by atoms with Gasteiger partial charge in [0, 0.05) is 11.5 Å².